The van der Waals surface area contributed by atoms with Crippen molar-refractivity contribution in [2.75, 3.05) is 11.9 Å². The Morgan fingerprint density at radius 3 is 2.66 bits per heavy atom. The molecule has 9 heteroatoms. The van der Waals surface area contributed by atoms with E-state index in [2.05, 4.69) is 10.3 Å². The fraction of sp³-hybridized carbons (Fsp3) is 0.300. The zero-order valence-electron chi connectivity index (χ0n) is 16.5. The number of rotatable bonds is 5. The smallest absolute Gasteiger partial charge is 0.348 e. The first kappa shape index (κ1) is 21.0. The molecule has 29 heavy (non-hydrogen) atoms. The van der Waals surface area contributed by atoms with Crippen LogP contribution in [0, 0.1) is 20.8 Å². The zero-order chi connectivity index (χ0) is 21.3. The molecule has 2 heterocycles. The minimum atomic E-state index is -0.485. The molecule has 0 aliphatic rings. The largest absolute Gasteiger partial charge is 0.462 e. The first-order valence-corrected chi connectivity index (χ1v) is 10.1. The van der Waals surface area contributed by atoms with Crippen molar-refractivity contribution in [3.05, 3.63) is 55.4 Å². The molecule has 1 aromatic carbocycles. The van der Waals surface area contributed by atoms with E-state index in [0.717, 1.165) is 22.5 Å². The van der Waals surface area contributed by atoms with Crippen molar-refractivity contribution in [3.63, 3.8) is 0 Å². The molecule has 0 aliphatic carbocycles. The van der Waals surface area contributed by atoms with E-state index in [0.29, 0.717) is 31.4 Å². The summed E-state index contributed by atoms with van der Waals surface area (Å²) in [7, 11) is 0. The van der Waals surface area contributed by atoms with E-state index in [4.69, 9.17) is 16.3 Å². The lowest BCUT2D eigenvalue weighted by atomic mass is 10.1. The first-order valence-electron chi connectivity index (χ1n) is 8.95. The Morgan fingerprint density at radius 1 is 1.28 bits per heavy atom. The van der Waals surface area contributed by atoms with Gasteiger partial charge in [0.2, 0.25) is 5.91 Å². The lowest BCUT2D eigenvalue weighted by Gasteiger charge is -2.12. The van der Waals surface area contributed by atoms with Gasteiger partial charge in [0.05, 0.1) is 29.0 Å². The van der Waals surface area contributed by atoms with Gasteiger partial charge in [0.1, 0.15) is 16.3 Å². The van der Waals surface area contributed by atoms with Crippen molar-refractivity contribution in [2.45, 2.75) is 34.2 Å². The van der Waals surface area contributed by atoms with Crippen LogP contribution in [0.15, 0.2) is 23.3 Å². The minimum Gasteiger partial charge on any atom is -0.462 e. The SMILES string of the molecule is CCOC(=O)c1sc2ncn(CC(=O)Nc3c(C)cc(C)cc3Cl)c(=O)c2c1C. The van der Waals surface area contributed by atoms with Crippen LogP contribution >= 0.6 is 22.9 Å². The van der Waals surface area contributed by atoms with Gasteiger partial charge >= 0.3 is 5.97 Å². The second-order valence-electron chi connectivity index (χ2n) is 6.62. The molecule has 0 bridgehead atoms. The standard InChI is InChI=1S/C20H20ClN3O4S/c1-5-28-20(27)17-12(4)15-18(29-17)22-9-24(19(15)26)8-14(25)23-16-11(3)6-10(2)7-13(16)21/h6-7,9H,5,8H2,1-4H3,(H,23,25). The second-order valence-corrected chi connectivity index (χ2v) is 8.03. The fourth-order valence-corrected chi connectivity index (χ4v) is 4.47. The van der Waals surface area contributed by atoms with Gasteiger partial charge in [0.15, 0.2) is 0 Å². The molecule has 0 spiro atoms. The number of hydrogen-bond acceptors (Lipinski definition) is 6. The van der Waals surface area contributed by atoms with E-state index < -0.39 is 11.9 Å². The molecular weight excluding hydrogens is 414 g/mol. The molecule has 3 rings (SSSR count). The molecule has 0 atom stereocenters. The lowest BCUT2D eigenvalue weighted by molar-refractivity contribution is -0.116. The van der Waals surface area contributed by atoms with Crippen LogP contribution in [0.2, 0.25) is 5.02 Å². The maximum Gasteiger partial charge on any atom is 0.348 e. The molecule has 1 N–H and O–H groups in total. The third-order valence-corrected chi connectivity index (χ3v) is 5.87. The monoisotopic (exact) mass is 433 g/mol. The summed E-state index contributed by atoms with van der Waals surface area (Å²) < 4.78 is 6.24. The third kappa shape index (κ3) is 4.18. The zero-order valence-corrected chi connectivity index (χ0v) is 18.0. The highest BCUT2D eigenvalue weighted by Crippen LogP contribution is 2.28. The fourth-order valence-electron chi connectivity index (χ4n) is 3.07. The highest BCUT2D eigenvalue weighted by molar-refractivity contribution is 7.20. The van der Waals surface area contributed by atoms with Gasteiger partial charge in [-0.05, 0) is 50.5 Å². The van der Waals surface area contributed by atoms with Crippen molar-refractivity contribution in [2.24, 2.45) is 0 Å². The quantitative estimate of drug-likeness (QED) is 0.617. The predicted molar refractivity (Wildman–Crippen MR) is 114 cm³/mol. The maximum atomic E-state index is 12.9. The van der Waals surface area contributed by atoms with Crippen LogP contribution in [-0.2, 0) is 16.1 Å². The number of hydrogen-bond donors (Lipinski definition) is 1. The summed E-state index contributed by atoms with van der Waals surface area (Å²) in [5.41, 5.74) is 2.45. The number of aromatic nitrogens is 2. The number of benzene rings is 1. The van der Waals surface area contributed by atoms with E-state index in [1.54, 1.807) is 19.9 Å². The van der Waals surface area contributed by atoms with Crippen LogP contribution in [0.1, 0.15) is 33.3 Å². The number of aryl methyl sites for hydroxylation is 3. The summed E-state index contributed by atoms with van der Waals surface area (Å²) in [6, 6.07) is 3.67. The van der Waals surface area contributed by atoms with Crippen molar-refractivity contribution in [3.8, 4) is 0 Å². The Kier molecular flexibility index (Phi) is 6.04. The Labute approximate surface area is 176 Å². The molecule has 0 unspecified atom stereocenters. The van der Waals surface area contributed by atoms with Crippen molar-refractivity contribution < 1.29 is 14.3 Å². The number of fused-ring (bicyclic) bond motifs is 1. The average molecular weight is 434 g/mol. The maximum absolute atomic E-state index is 12.9. The van der Waals surface area contributed by atoms with Gasteiger partial charge in [-0.25, -0.2) is 9.78 Å². The Bertz CT molecular complexity index is 1160. The van der Waals surface area contributed by atoms with Gasteiger partial charge in [-0.2, -0.15) is 0 Å². The van der Waals surface area contributed by atoms with E-state index in [1.807, 2.05) is 19.9 Å². The van der Waals surface area contributed by atoms with Gasteiger partial charge in [0.25, 0.3) is 5.56 Å². The first-order chi connectivity index (χ1) is 13.7. The molecule has 0 aliphatic heterocycles. The highest BCUT2D eigenvalue weighted by atomic mass is 35.5. The van der Waals surface area contributed by atoms with E-state index in [9.17, 15) is 14.4 Å². The van der Waals surface area contributed by atoms with Gasteiger partial charge in [-0.1, -0.05) is 17.7 Å². The van der Waals surface area contributed by atoms with Crippen LogP contribution in [0.3, 0.4) is 0 Å². The minimum absolute atomic E-state index is 0.227. The summed E-state index contributed by atoms with van der Waals surface area (Å²) >= 11 is 7.34. The molecule has 0 saturated carbocycles. The van der Waals surface area contributed by atoms with E-state index in [-0.39, 0.29) is 18.7 Å². The molecule has 152 valence electrons. The lowest BCUT2D eigenvalue weighted by Crippen LogP contribution is -2.28. The Hall–Kier alpha value is -2.71. The number of nitrogens with zero attached hydrogens (tertiary/aromatic N) is 2. The number of amides is 1. The third-order valence-electron chi connectivity index (χ3n) is 4.39. The molecule has 0 radical (unpaired) electrons. The summed E-state index contributed by atoms with van der Waals surface area (Å²) in [5, 5.41) is 3.51. The number of anilines is 1. The number of nitrogens with one attached hydrogen (secondary N) is 1. The van der Waals surface area contributed by atoms with Gasteiger partial charge in [-0.15, -0.1) is 11.3 Å². The summed E-state index contributed by atoms with van der Waals surface area (Å²) in [6.45, 7) is 7.17. The van der Waals surface area contributed by atoms with Crippen LogP contribution in [0.25, 0.3) is 10.2 Å². The molecular formula is C20H20ClN3O4S. The van der Waals surface area contributed by atoms with E-state index in [1.165, 1.54) is 10.9 Å². The second kappa shape index (κ2) is 8.34. The van der Waals surface area contributed by atoms with Crippen LogP contribution in [0.5, 0.6) is 0 Å². The number of esters is 1. The van der Waals surface area contributed by atoms with Crippen molar-refractivity contribution >= 4 is 50.7 Å². The van der Waals surface area contributed by atoms with Gasteiger partial charge < -0.3 is 10.1 Å². The highest BCUT2D eigenvalue weighted by Gasteiger charge is 2.21. The van der Waals surface area contributed by atoms with Gasteiger partial charge in [-0.3, -0.25) is 14.2 Å². The van der Waals surface area contributed by atoms with Crippen molar-refractivity contribution in [1.29, 1.82) is 0 Å². The van der Waals surface area contributed by atoms with Crippen molar-refractivity contribution in [1.82, 2.24) is 9.55 Å². The topological polar surface area (TPSA) is 90.3 Å². The molecule has 2 aromatic heterocycles. The molecule has 7 nitrogen and oxygen atoms in total. The summed E-state index contributed by atoms with van der Waals surface area (Å²) in [4.78, 5) is 42.5. The number of carbonyl (C=O) groups excluding carboxylic acids is 2. The number of thiophene rings is 1. The number of ether oxygens (including phenoxy) is 1. The summed E-state index contributed by atoms with van der Waals surface area (Å²) in [6.07, 6.45) is 1.30. The van der Waals surface area contributed by atoms with Crippen LogP contribution in [-0.4, -0.2) is 28.0 Å². The van der Waals surface area contributed by atoms with Gasteiger partial charge in [0, 0.05) is 0 Å². The normalized spacial score (nSPS) is 10.9. The molecule has 0 fully saturated rings. The molecule has 1 amide bonds. The van der Waals surface area contributed by atoms with Crippen LogP contribution in [0.4, 0.5) is 5.69 Å². The Morgan fingerprint density at radius 2 is 2.00 bits per heavy atom. The van der Waals surface area contributed by atoms with E-state index >= 15 is 0 Å². The number of carbonyl (C=O) groups is 2. The summed E-state index contributed by atoms with van der Waals surface area (Å²) in [5.74, 6) is -0.887. The Balaban J connectivity index is 1.90. The molecule has 3 aromatic rings. The average Bonchev–Trinajstić information content (AvgIpc) is 2.98. The number of halogens is 1. The predicted octanol–water partition coefficient (Wildman–Crippen LogP) is 3.85. The molecule has 0 saturated heterocycles. The van der Waals surface area contributed by atoms with Crippen LogP contribution < -0.4 is 10.9 Å².